The number of benzene rings is 2. The Kier molecular flexibility index (Phi) is 6.19. The number of aromatic nitrogens is 3. The normalized spacial score (nSPS) is 19.6. The predicted octanol–water partition coefficient (Wildman–Crippen LogP) is 4.40. The van der Waals surface area contributed by atoms with Crippen LogP contribution in [0.15, 0.2) is 79.0 Å². The molecule has 7 nitrogen and oxygen atoms in total. The highest BCUT2D eigenvalue weighted by atomic mass is 16.5. The molecule has 0 spiro atoms. The largest absolute Gasteiger partial charge is 0.633 e. The second kappa shape index (κ2) is 9.44. The Balaban J connectivity index is 1.56. The average Bonchev–Trinajstić information content (AvgIpc) is 3.21. The molecule has 3 atom stereocenters. The minimum atomic E-state index is -0.679. The van der Waals surface area contributed by atoms with Crippen molar-refractivity contribution in [3.05, 3.63) is 101 Å². The van der Waals surface area contributed by atoms with E-state index < -0.39 is 12.1 Å². The van der Waals surface area contributed by atoms with Crippen LogP contribution in [0.1, 0.15) is 48.4 Å². The third-order valence-electron chi connectivity index (χ3n) is 6.60. The van der Waals surface area contributed by atoms with Crippen LogP contribution in [0.2, 0.25) is 0 Å². The maximum Gasteiger partial charge on any atom is 0.225 e. The maximum absolute atomic E-state index is 13.4. The van der Waals surface area contributed by atoms with Crippen LogP contribution in [0.4, 0.5) is 11.5 Å². The first-order valence-electron chi connectivity index (χ1n) is 11.9. The van der Waals surface area contributed by atoms with Gasteiger partial charge in [-0.15, -0.1) is 0 Å². The minimum Gasteiger partial charge on any atom is -0.633 e. The molecule has 0 amide bonds. The van der Waals surface area contributed by atoms with Gasteiger partial charge in [0.05, 0.1) is 17.8 Å². The van der Waals surface area contributed by atoms with E-state index in [1.807, 2.05) is 91.3 Å². The van der Waals surface area contributed by atoms with Gasteiger partial charge in [0.2, 0.25) is 5.78 Å². The molecule has 2 aromatic heterocycles. The van der Waals surface area contributed by atoms with Crippen molar-refractivity contribution in [2.24, 2.45) is 5.92 Å². The Morgan fingerprint density at radius 2 is 1.74 bits per heavy atom. The second-order valence-corrected chi connectivity index (χ2v) is 9.38. The Labute approximate surface area is 205 Å². The number of pyridine rings is 1. The summed E-state index contributed by atoms with van der Waals surface area (Å²) in [6.07, 6.45) is 1.78. The van der Waals surface area contributed by atoms with Crippen LogP contribution in [0.25, 0.3) is 11.3 Å². The summed E-state index contributed by atoms with van der Waals surface area (Å²) in [5, 5.41) is 21.3. The van der Waals surface area contributed by atoms with Gasteiger partial charge in [-0.05, 0) is 36.8 Å². The van der Waals surface area contributed by atoms with Crippen LogP contribution in [-0.2, 0) is 6.54 Å². The van der Waals surface area contributed by atoms with Crippen LogP contribution >= 0.6 is 0 Å². The molecule has 0 bridgehead atoms. The fraction of sp³-hybridized carbons (Fsp3) is 0.250. The molecule has 2 aromatic carbocycles. The highest BCUT2D eigenvalue weighted by molar-refractivity contribution is 6.05. The van der Waals surface area contributed by atoms with Gasteiger partial charge in [0.15, 0.2) is 0 Å². The van der Waals surface area contributed by atoms with Crippen molar-refractivity contribution < 1.29 is 9.86 Å². The van der Waals surface area contributed by atoms with Crippen molar-refractivity contribution in [3.8, 4) is 11.3 Å². The number of Topliss-reactive ketones (excluding diaryl/α,β-unsaturated/α-hetero) is 1. The molecule has 2 N–H and O–H groups in total. The lowest BCUT2D eigenvalue weighted by atomic mass is 9.88. The van der Waals surface area contributed by atoms with Crippen molar-refractivity contribution in [2.75, 3.05) is 5.32 Å². The van der Waals surface area contributed by atoms with Crippen molar-refractivity contribution in [2.45, 2.75) is 39.4 Å². The van der Waals surface area contributed by atoms with E-state index in [9.17, 15) is 10.0 Å². The number of carbonyl (C=O) groups is 1. The molecule has 0 aliphatic carbocycles. The van der Waals surface area contributed by atoms with Gasteiger partial charge in [0.25, 0.3) is 0 Å². The number of para-hydroxylation sites is 1. The van der Waals surface area contributed by atoms with Gasteiger partial charge in [-0.3, -0.25) is 9.78 Å². The summed E-state index contributed by atoms with van der Waals surface area (Å²) in [4.78, 5) is 17.8. The summed E-state index contributed by atoms with van der Waals surface area (Å²) in [6.45, 7) is 6.19. The number of hydrogen-bond donors (Lipinski definition) is 2. The highest BCUT2D eigenvalue weighted by Gasteiger charge is 2.44. The molecule has 4 aromatic rings. The summed E-state index contributed by atoms with van der Waals surface area (Å²) in [5.41, 5.74) is 4.96. The number of ketones is 1. The topological polar surface area (TPSA) is 87.3 Å². The fourth-order valence-corrected chi connectivity index (χ4v) is 4.72. The SMILES string of the molecule is CC(C)C1c2nn(Cc3ccc(-c4ccccn4)cc3)c(Nc3ccccc3)c2C(=O)C(C)[NH+]1[O-]. The first-order chi connectivity index (χ1) is 16.9. The lowest BCUT2D eigenvalue weighted by molar-refractivity contribution is -0.902. The number of nitrogens with zero attached hydrogens (tertiary/aromatic N) is 3. The van der Waals surface area contributed by atoms with Crippen molar-refractivity contribution in [1.82, 2.24) is 14.8 Å². The molecular weight excluding hydrogens is 438 g/mol. The second-order valence-electron chi connectivity index (χ2n) is 9.38. The summed E-state index contributed by atoms with van der Waals surface area (Å²) < 4.78 is 1.83. The standard InChI is InChI=1S/C28H29N5O2/c1-18(2)26-25-24(27(34)19(3)33(26)35)28(30-22-9-5-4-6-10-22)32(31-25)17-20-12-14-21(15-13-20)23-11-7-8-16-29-23/h4-16,18-19,26,30,33H,17H2,1-3H3. The van der Waals surface area contributed by atoms with Crippen LogP contribution in [0, 0.1) is 11.1 Å². The molecule has 1 aliphatic rings. The molecule has 7 heteroatoms. The monoisotopic (exact) mass is 467 g/mol. The summed E-state index contributed by atoms with van der Waals surface area (Å²) >= 11 is 0. The van der Waals surface area contributed by atoms with E-state index in [0.717, 1.165) is 22.5 Å². The molecule has 0 saturated carbocycles. The number of nitrogens with one attached hydrogen (secondary N) is 2. The molecule has 0 fully saturated rings. The highest BCUT2D eigenvalue weighted by Crippen LogP contribution is 2.34. The Bertz CT molecular complexity index is 1320. The first-order valence-corrected chi connectivity index (χ1v) is 11.9. The van der Waals surface area contributed by atoms with Gasteiger partial charge in [-0.1, -0.05) is 62.4 Å². The Morgan fingerprint density at radius 1 is 1.03 bits per heavy atom. The molecular formula is C28H29N5O2. The fourth-order valence-electron chi connectivity index (χ4n) is 4.72. The number of rotatable bonds is 6. The first kappa shape index (κ1) is 23.0. The van der Waals surface area contributed by atoms with Crippen LogP contribution in [0.5, 0.6) is 0 Å². The van der Waals surface area contributed by atoms with Crippen LogP contribution in [-0.4, -0.2) is 26.6 Å². The summed E-state index contributed by atoms with van der Waals surface area (Å²) in [5.74, 6) is 0.509. The molecule has 35 heavy (non-hydrogen) atoms. The van der Waals surface area contributed by atoms with Gasteiger partial charge in [-0.25, -0.2) is 4.68 Å². The zero-order chi connectivity index (χ0) is 24.5. The Morgan fingerprint density at radius 3 is 2.40 bits per heavy atom. The van der Waals surface area contributed by atoms with Crippen molar-refractivity contribution >= 4 is 17.3 Å². The van der Waals surface area contributed by atoms with E-state index in [-0.39, 0.29) is 16.8 Å². The zero-order valence-electron chi connectivity index (χ0n) is 20.1. The minimum absolute atomic E-state index is 0.0439. The van der Waals surface area contributed by atoms with Crippen molar-refractivity contribution in [3.63, 3.8) is 0 Å². The number of fused-ring (bicyclic) bond motifs is 1. The quantitative estimate of drug-likeness (QED) is 0.411. The van der Waals surface area contributed by atoms with E-state index >= 15 is 0 Å². The lowest BCUT2D eigenvalue weighted by Crippen LogP contribution is -3.13. The molecule has 178 valence electrons. The predicted molar refractivity (Wildman–Crippen MR) is 136 cm³/mol. The Hall–Kier alpha value is -3.81. The molecule has 0 saturated heterocycles. The van der Waals surface area contributed by atoms with E-state index in [1.165, 1.54) is 0 Å². The summed E-state index contributed by atoms with van der Waals surface area (Å²) in [6, 6.07) is 22.7. The average molecular weight is 468 g/mol. The number of carbonyl (C=O) groups excluding carboxylic acids is 1. The van der Waals surface area contributed by atoms with Gasteiger partial charge in [0.1, 0.15) is 23.6 Å². The molecule has 3 heterocycles. The lowest BCUT2D eigenvalue weighted by Gasteiger charge is -2.40. The third kappa shape index (κ3) is 4.36. The maximum atomic E-state index is 13.4. The molecule has 1 aliphatic heterocycles. The number of hydroxylamine groups is 2. The smallest absolute Gasteiger partial charge is 0.225 e. The molecule has 5 rings (SSSR count). The van der Waals surface area contributed by atoms with Gasteiger partial charge in [0, 0.05) is 23.4 Å². The van der Waals surface area contributed by atoms with Gasteiger partial charge >= 0.3 is 0 Å². The van der Waals surface area contributed by atoms with Crippen LogP contribution in [0.3, 0.4) is 0 Å². The van der Waals surface area contributed by atoms with E-state index in [4.69, 9.17) is 5.10 Å². The van der Waals surface area contributed by atoms with E-state index in [1.54, 1.807) is 13.1 Å². The number of hydrogen-bond acceptors (Lipinski definition) is 5. The molecule has 3 unspecified atom stereocenters. The van der Waals surface area contributed by atoms with Crippen molar-refractivity contribution in [1.29, 1.82) is 0 Å². The van der Waals surface area contributed by atoms with Crippen LogP contribution < -0.4 is 10.4 Å². The van der Waals surface area contributed by atoms with Gasteiger partial charge in [-0.2, -0.15) is 5.10 Å². The van der Waals surface area contributed by atoms with E-state index in [2.05, 4.69) is 10.3 Å². The number of anilines is 2. The van der Waals surface area contributed by atoms with Gasteiger partial charge < -0.3 is 15.6 Å². The zero-order valence-corrected chi connectivity index (χ0v) is 20.1. The third-order valence-corrected chi connectivity index (χ3v) is 6.60. The molecule has 0 radical (unpaired) electrons. The number of quaternary nitrogens is 1. The summed E-state index contributed by atoms with van der Waals surface area (Å²) in [7, 11) is 0. The van der Waals surface area contributed by atoms with E-state index in [0.29, 0.717) is 23.6 Å².